The molecule has 1 atom stereocenters. The number of carbonyl (C=O) groups is 3. The lowest BCUT2D eigenvalue weighted by Crippen LogP contribution is -2.40. The van der Waals surface area contributed by atoms with Crippen LogP contribution in [0.3, 0.4) is 0 Å². The van der Waals surface area contributed by atoms with E-state index in [0.29, 0.717) is 11.1 Å². The largest absolute Gasteiger partial charge is 0.456 e. The molecule has 0 bridgehead atoms. The third-order valence-electron chi connectivity index (χ3n) is 3.42. The fourth-order valence-electron chi connectivity index (χ4n) is 2.09. The van der Waals surface area contributed by atoms with Crippen LogP contribution >= 0.6 is 0 Å². The van der Waals surface area contributed by atoms with Gasteiger partial charge in [-0.3, -0.25) is 9.59 Å². The zero-order valence-corrected chi connectivity index (χ0v) is 13.6. The molecule has 124 valence electrons. The van der Waals surface area contributed by atoms with Gasteiger partial charge in [-0.15, -0.1) is 0 Å². The molecule has 0 aromatic heterocycles. The van der Waals surface area contributed by atoms with Crippen molar-refractivity contribution in [1.29, 1.82) is 0 Å². The number of esters is 1. The molecular formula is C19H19NO4. The van der Waals surface area contributed by atoms with Crippen molar-refractivity contribution >= 4 is 17.7 Å². The molecule has 0 aliphatic carbocycles. The minimum atomic E-state index is -0.846. The summed E-state index contributed by atoms with van der Waals surface area (Å²) in [7, 11) is 0. The number of rotatable bonds is 6. The molecule has 5 nitrogen and oxygen atoms in total. The van der Waals surface area contributed by atoms with E-state index in [4.69, 9.17) is 4.74 Å². The fraction of sp³-hybridized carbons (Fsp3) is 0.211. The Bertz CT molecular complexity index is 740. The van der Waals surface area contributed by atoms with Crippen LogP contribution in [0.1, 0.15) is 33.2 Å². The maximum atomic E-state index is 12.1. The van der Waals surface area contributed by atoms with Gasteiger partial charge in [0.05, 0.1) is 0 Å². The Morgan fingerprint density at radius 2 is 1.67 bits per heavy atom. The first-order valence-corrected chi connectivity index (χ1v) is 7.60. The summed E-state index contributed by atoms with van der Waals surface area (Å²) in [5, 5.41) is 2.56. The minimum absolute atomic E-state index is 0.291. The summed E-state index contributed by atoms with van der Waals surface area (Å²) in [4.78, 5) is 35.9. The van der Waals surface area contributed by atoms with Gasteiger partial charge < -0.3 is 10.1 Å². The number of aryl methyl sites for hydroxylation is 1. The number of Topliss-reactive ketones (excluding diaryl/α,β-unsaturated/α-hetero) is 1. The van der Waals surface area contributed by atoms with Crippen molar-refractivity contribution in [2.24, 2.45) is 0 Å². The molecule has 0 aliphatic heterocycles. The normalized spacial score (nSPS) is 11.4. The molecule has 1 amide bonds. The van der Waals surface area contributed by atoms with E-state index in [-0.39, 0.29) is 18.3 Å². The first-order valence-electron chi connectivity index (χ1n) is 7.60. The molecule has 24 heavy (non-hydrogen) atoms. The lowest BCUT2D eigenvalue weighted by molar-refractivity contribution is -0.144. The zero-order valence-electron chi connectivity index (χ0n) is 13.6. The Morgan fingerprint density at radius 1 is 1.00 bits per heavy atom. The molecule has 0 saturated heterocycles. The molecule has 0 aliphatic rings. The van der Waals surface area contributed by atoms with Gasteiger partial charge in [0.15, 0.2) is 12.4 Å². The Balaban J connectivity index is 1.86. The number of hydrogen-bond donors (Lipinski definition) is 1. The predicted octanol–water partition coefficient (Wildman–Crippen LogP) is 2.54. The van der Waals surface area contributed by atoms with E-state index in [9.17, 15) is 14.4 Å². The third kappa shape index (κ3) is 4.78. The number of ether oxygens (including phenoxy) is 1. The highest BCUT2D eigenvalue weighted by Crippen LogP contribution is 2.05. The fourth-order valence-corrected chi connectivity index (χ4v) is 2.09. The Morgan fingerprint density at radius 3 is 2.33 bits per heavy atom. The number of nitrogens with one attached hydrogen (secondary N) is 1. The molecule has 5 heteroatoms. The van der Waals surface area contributed by atoms with Crippen LogP contribution in [0.2, 0.25) is 0 Å². The van der Waals surface area contributed by atoms with Crippen molar-refractivity contribution in [2.45, 2.75) is 19.9 Å². The van der Waals surface area contributed by atoms with Gasteiger partial charge in [-0.05, 0) is 26.0 Å². The zero-order chi connectivity index (χ0) is 17.5. The second kappa shape index (κ2) is 8.06. The van der Waals surface area contributed by atoms with Crippen molar-refractivity contribution in [3.05, 3.63) is 71.3 Å². The smallest absolute Gasteiger partial charge is 0.328 e. The molecule has 2 aromatic rings. The van der Waals surface area contributed by atoms with Crippen molar-refractivity contribution < 1.29 is 19.1 Å². The maximum absolute atomic E-state index is 12.1. The van der Waals surface area contributed by atoms with Crippen LogP contribution in [0.15, 0.2) is 54.6 Å². The molecule has 0 fully saturated rings. The van der Waals surface area contributed by atoms with E-state index in [2.05, 4.69) is 5.32 Å². The number of hydrogen-bond acceptors (Lipinski definition) is 4. The molecular weight excluding hydrogens is 306 g/mol. The summed E-state index contributed by atoms with van der Waals surface area (Å²) in [6.45, 7) is 3.04. The summed E-state index contributed by atoms with van der Waals surface area (Å²) in [5.74, 6) is -1.31. The minimum Gasteiger partial charge on any atom is -0.456 e. The summed E-state index contributed by atoms with van der Waals surface area (Å²) >= 11 is 0. The summed E-state index contributed by atoms with van der Waals surface area (Å²) in [6, 6.07) is 14.8. The van der Waals surface area contributed by atoms with Crippen LogP contribution < -0.4 is 5.32 Å². The van der Waals surface area contributed by atoms with E-state index in [1.807, 2.05) is 13.0 Å². The molecule has 0 saturated carbocycles. The number of benzene rings is 2. The lowest BCUT2D eigenvalue weighted by Gasteiger charge is -2.13. The molecule has 0 radical (unpaired) electrons. The van der Waals surface area contributed by atoms with Gasteiger partial charge >= 0.3 is 5.97 Å². The van der Waals surface area contributed by atoms with Crippen molar-refractivity contribution in [3.8, 4) is 0 Å². The van der Waals surface area contributed by atoms with Crippen molar-refractivity contribution in [3.63, 3.8) is 0 Å². The molecule has 2 rings (SSSR count). The standard InChI is InChI=1S/C19H19NO4/c1-13-7-6-10-16(11-13)18(22)20-14(2)19(23)24-12-17(21)15-8-4-3-5-9-15/h3-11,14H,12H2,1-2H3,(H,20,22)/t14-/m0/s1. The summed E-state index contributed by atoms with van der Waals surface area (Å²) in [5.41, 5.74) is 1.89. The highest BCUT2D eigenvalue weighted by Gasteiger charge is 2.19. The van der Waals surface area contributed by atoms with Crippen LogP contribution in [0.25, 0.3) is 0 Å². The van der Waals surface area contributed by atoms with E-state index in [1.165, 1.54) is 6.92 Å². The number of carbonyl (C=O) groups excluding carboxylic acids is 3. The van der Waals surface area contributed by atoms with E-state index >= 15 is 0 Å². The first kappa shape index (κ1) is 17.4. The van der Waals surface area contributed by atoms with Gasteiger partial charge in [0.2, 0.25) is 0 Å². The van der Waals surface area contributed by atoms with E-state index < -0.39 is 12.0 Å². The van der Waals surface area contributed by atoms with Crippen LogP contribution in [-0.2, 0) is 9.53 Å². The monoisotopic (exact) mass is 325 g/mol. The SMILES string of the molecule is Cc1cccc(C(=O)N[C@@H](C)C(=O)OCC(=O)c2ccccc2)c1. The van der Waals surface area contributed by atoms with Crippen molar-refractivity contribution in [1.82, 2.24) is 5.32 Å². The van der Waals surface area contributed by atoms with Gasteiger partial charge in [0.25, 0.3) is 5.91 Å². The molecule has 0 spiro atoms. The lowest BCUT2D eigenvalue weighted by atomic mass is 10.1. The maximum Gasteiger partial charge on any atom is 0.328 e. The van der Waals surface area contributed by atoms with E-state index in [1.54, 1.807) is 48.5 Å². The second-order valence-electron chi connectivity index (χ2n) is 5.46. The van der Waals surface area contributed by atoms with Crippen LogP contribution in [0, 0.1) is 6.92 Å². The van der Waals surface area contributed by atoms with Gasteiger partial charge in [-0.1, -0.05) is 48.0 Å². The molecule has 0 heterocycles. The third-order valence-corrected chi connectivity index (χ3v) is 3.42. The van der Waals surface area contributed by atoms with Gasteiger partial charge in [-0.2, -0.15) is 0 Å². The average Bonchev–Trinajstić information content (AvgIpc) is 2.60. The quantitative estimate of drug-likeness (QED) is 0.654. The van der Waals surface area contributed by atoms with Gasteiger partial charge in [0.1, 0.15) is 6.04 Å². The predicted molar refractivity (Wildman–Crippen MR) is 89.8 cm³/mol. The molecule has 0 unspecified atom stereocenters. The summed E-state index contributed by atoms with van der Waals surface area (Å²) in [6.07, 6.45) is 0. The van der Waals surface area contributed by atoms with Crippen molar-refractivity contribution in [2.75, 3.05) is 6.61 Å². The summed E-state index contributed by atoms with van der Waals surface area (Å²) < 4.78 is 4.98. The van der Waals surface area contributed by atoms with Crippen LogP contribution in [0.4, 0.5) is 0 Å². The number of ketones is 1. The second-order valence-corrected chi connectivity index (χ2v) is 5.46. The van der Waals surface area contributed by atoms with Gasteiger partial charge in [-0.25, -0.2) is 4.79 Å². The first-order chi connectivity index (χ1) is 11.5. The highest BCUT2D eigenvalue weighted by molar-refractivity contribution is 5.99. The Kier molecular flexibility index (Phi) is 5.84. The van der Waals surface area contributed by atoms with Crippen LogP contribution in [-0.4, -0.2) is 30.3 Å². The van der Waals surface area contributed by atoms with Crippen LogP contribution in [0.5, 0.6) is 0 Å². The Labute approximate surface area is 140 Å². The number of amides is 1. The molecule has 1 N–H and O–H groups in total. The molecule has 2 aromatic carbocycles. The highest BCUT2D eigenvalue weighted by atomic mass is 16.5. The Hall–Kier alpha value is -2.95. The van der Waals surface area contributed by atoms with Gasteiger partial charge in [0, 0.05) is 11.1 Å². The van der Waals surface area contributed by atoms with E-state index in [0.717, 1.165) is 5.56 Å². The topological polar surface area (TPSA) is 72.5 Å². The average molecular weight is 325 g/mol.